The summed E-state index contributed by atoms with van der Waals surface area (Å²) in [7, 11) is 0. The Labute approximate surface area is 163 Å². The second-order valence-corrected chi connectivity index (χ2v) is 6.96. The fraction of sp³-hybridized carbons (Fsp3) is 0.632. The molecule has 2 unspecified atom stereocenters. The molecule has 0 aromatic heterocycles. The summed E-state index contributed by atoms with van der Waals surface area (Å²) < 4.78 is 0. The lowest BCUT2D eigenvalue weighted by atomic mass is 10.1. The van der Waals surface area contributed by atoms with Crippen molar-refractivity contribution in [3.63, 3.8) is 0 Å². The van der Waals surface area contributed by atoms with E-state index in [9.17, 15) is 0 Å². The molecule has 2 N–H and O–H groups in total. The molecule has 0 bridgehead atoms. The highest BCUT2D eigenvalue weighted by atomic mass is 127. The van der Waals surface area contributed by atoms with Gasteiger partial charge in [-0.05, 0) is 56.3 Å². The highest BCUT2D eigenvalue weighted by Crippen LogP contribution is 2.28. The average molecular weight is 442 g/mol. The number of guanidine groups is 1. The summed E-state index contributed by atoms with van der Waals surface area (Å²) in [6.07, 6.45) is 3.97. The number of nitrogens with one attached hydrogen (secondary N) is 2. The molecule has 24 heavy (non-hydrogen) atoms. The van der Waals surface area contributed by atoms with Gasteiger partial charge >= 0.3 is 0 Å². The minimum atomic E-state index is 0. The molecule has 4 nitrogen and oxygen atoms in total. The van der Waals surface area contributed by atoms with Gasteiger partial charge in [-0.3, -0.25) is 4.90 Å². The Bertz CT molecular complexity index is 523. The lowest BCUT2D eigenvalue weighted by molar-refractivity contribution is 0.331. The van der Waals surface area contributed by atoms with E-state index in [-0.39, 0.29) is 24.0 Å². The van der Waals surface area contributed by atoms with E-state index < -0.39 is 0 Å². The Morgan fingerprint density at radius 2 is 1.79 bits per heavy atom. The van der Waals surface area contributed by atoms with Gasteiger partial charge in [-0.2, -0.15) is 0 Å². The van der Waals surface area contributed by atoms with Gasteiger partial charge in [0.2, 0.25) is 0 Å². The van der Waals surface area contributed by atoms with Crippen molar-refractivity contribution in [3.8, 4) is 0 Å². The Morgan fingerprint density at radius 1 is 1.17 bits per heavy atom. The molecule has 1 saturated heterocycles. The molecule has 2 aliphatic rings. The zero-order valence-electron chi connectivity index (χ0n) is 14.9. The number of nitrogens with zero attached hydrogens (tertiary/aromatic N) is 2. The van der Waals surface area contributed by atoms with Crippen LogP contribution in [0.2, 0.25) is 0 Å². The molecule has 0 amide bonds. The first-order valence-corrected chi connectivity index (χ1v) is 9.09. The molecule has 3 rings (SSSR count). The second kappa shape index (κ2) is 9.61. The van der Waals surface area contributed by atoms with Gasteiger partial charge in [-0.15, -0.1) is 24.0 Å². The topological polar surface area (TPSA) is 39.7 Å². The quantitative estimate of drug-likeness (QED) is 0.403. The van der Waals surface area contributed by atoms with E-state index in [1.165, 1.54) is 43.5 Å². The fourth-order valence-electron chi connectivity index (χ4n) is 3.14. The van der Waals surface area contributed by atoms with Gasteiger partial charge in [0.1, 0.15) is 0 Å². The number of hydrogen-bond acceptors (Lipinski definition) is 2. The van der Waals surface area contributed by atoms with E-state index in [1.807, 2.05) is 0 Å². The van der Waals surface area contributed by atoms with Crippen LogP contribution in [0.25, 0.3) is 0 Å². The van der Waals surface area contributed by atoms with Gasteiger partial charge in [-0.1, -0.05) is 31.2 Å². The van der Waals surface area contributed by atoms with E-state index >= 15 is 0 Å². The molecule has 1 aromatic carbocycles. The number of aliphatic imine (C=N–C) groups is 1. The Balaban J connectivity index is 0.00000208. The van der Waals surface area contributed by atoms with Crippen molar-refractivity contribution in [1.29, 1.82) is 0 Å². The normalized spacial score (nSPS) is 23.7. The molecular weight excluding hydrogens is 411 g/mol. The van der Waals surface area contributed by atoms with Crippen LogP contribution >= 0.6 is 24.0 Å². The van der Waals surface area contributed by atoms with Crippen LogP contribution in [0.4, 0.5) is 0 Å². The van der Waals surface area contributed by atoms with Crippen LogP contribution in [-0.2, 0) is 13.1 Å². The van der Waals surface area contributed by atoms with E-state index in [4.69, 9.17) is 4.99 Å². The van der Waals surface area contributed by atoms with Gasteiger partial charge in [0, 0.05) is 19.1 Å². The van der Waals surface area contributed by atoms with Crippen molar-refractivity contribution in [3.05, 3.63) is 35.4 Å². The maximum atomic E-state index is 4.72. The lowest BCUT2D eigenvalue weighted by Crippen LogP contribution is -2.39. The molecule has 1 aliphatic carbocycles. The summed E-state index contributed by atoms with van der Waals surface area (Å²) in [5.41, 5.74) is 2.69. The van der Waals surface area contributed by atoms with Crippen LogP contribution in [0.5, 0.6) is 0 Å². The summed E-state index contributed by atoms with van der Waals surface area (Å²) in [5.74, 6) is 1.73. The standard InChI is InChI=1S/C19H30N4.HI/c1-3-20-19(22-18-12-15(18)2)21-13-16-6-8-17(9-7-16)14-23-10-4-5-11-23;/h6-9,15,18H,3-5,10-14H2,1-2H3,(H2,20,21,22);1H. The smallest absolute Gasteiger partial charge is 0.191 e. The average Bonchev–Trinajstić information content (AvgIpc) is 3.01. The maximum Gasteiger partial charge on any atom is 0.191 e. The molecule has 1 heterocycles. The van der Waals surface area contributed by atoms with Crippen LogP contribution in [0.3, 0.4) is 0 Å². The van der Waals surface area contributed by atoms with Crippen molar-refractivity contribution >= 4 is 29.9 Å². The number of halogens is 1. The fourth-order valence-corrected chi connectivity index (χ4v) is 3.14. The molecule has 5 heteroatoms. The summed E-state index contributed by atoms with van der Waals surface area (Å²) in [5, 5.41) is 6.84. The van der Waals surface area contributed by atoms with Crippen LogP contribution in [0.1, 0.15) is 44.2 Å². The molecule has 1 saturated carbocycles. The third-order valence-electron chi connectivity index (χ3n) is 4.82. The minimum absolute atomic E-state index is 0. The first-order valence-electron chi connectivity index (χ1n) is 9.09. The first-order chi connectivity index (χ1) is 11.2. The zero-order valence-corrected chi connectivity index (χ0v) is 17.3. The summed E-state index contributed by atoms with van der Waals surface area (Å²) >= 11 is 0. The van der Waals surface area contributed by atoms with Gasteiger partial charge < -0.3 is 10.6 Å². The van der Waals surface area contributed by atoms with Crippen LogP contribution < -0.4 is 10.6 Å². The van der Waals surface area contributed by atoms with Gasteiger partial charge in [0.05, 0.1) is 6.54 Å². The highest BCUT2D eigenvalue weighted by Gasteiger charge is 2.33. The van der Waals surface area contributed by atoms with Crippen molar-refractivity contribution < 1.29 is 0 Å². The van der Waals surface area contributed by atoms with Crippen molar-refractivity contribution in [1.82, 2.24) is 15.5 Å². The second-order valence-electron chi connectivity index (χ2n) is 6.96. The molecule has 1 aromatic rings. The van der Waals surface area contributed by atoms with E-state index in [1.54, 1.807) is 0 Å². The predicted molar refractivity (Wildman–Crippen MR) is 112 cm³/mol. The van der Waals surface area contributed by atoms with Crippen LogP contribution in [0, 0.1) is 5.92 Å². The molecular formula is C19H31IN4. The SMILES string of the molecule is CCNC(=NCc1ccc(CN2CCCC2)cc1)NC1CC1C.I. The molecule has 1 aliphatic heterocycles. The predicted octanol–water partition coefficient (Wildman–Crippen LogP) is 3.36. The van der Waals surface area contributed by atoms with Crippen molar-refractivity contribution in [2.75, 3.05) is 19.6 Å². The van der Waals surface area contributed by atoms with Crippen LogP contribution in [-0.4, -0.2) is 36.5 Å². The summed E-state index contributed by atoms with van der Waals surface area (Å²) in [4.78, 5) is 7.25. The minimum Gasteiger partial charge on any atom is -0.357 e. The van der Waals surface area contributed by atoms with Crippen molar-refractivity contribution in [2.45, 2.75) is 52.2 Å². The third kappa shape index (κ3) is 5.92. The van der Waals surface area contributed by atoms with E-state index in [0.717, 1.165) is 31.5 Å². The summed E-state index contributed by atoms with van der Waals surface area (Å²) in [6, 6.07) is 9.56. The maximum absolute atomic E-state index is 4.72. The molecule has 2 fully saturated rings. The van der Waals surface area contributed by atoms with Crippen LogP contribution in [0.15, 0.2) is 29.3 Å². The van der Waals surface area contributed by atoms with Gasteiger partial charge in [0.15, 0.2) is 5.96 Å². The largest absolute Gasteiger partial charge is 0.357 e. The number of likely N-dealkylation sites (tertiary alicyclic amines) is 1. The van der Waals surface area contributed by atoms with E-state index in [2.05, 4.69) is 53.6 Å². The molecule has 134 valence electrons. The highest BCUT2D eigenvalue weighted by molar-refractivity contribution is 14.0. The van der Waals surface area contributed by atoms with Crippen molar-refractivity contribution in [2.24, 2.45) is 10.9 Å². The number of benzene rings is 1. The molecule has 0 radical (unpaired) electrons. The molecule has 2 atom stereocenters. The number of hydrogen-bond donors (Lipinski definition) is 2. The monoisotopic (exact) mass is 442 g/mol. The van der Waals surface area contributed by atoms with Gasteiger partial charge in [-0.25, -0.2) is 4.99 Å². The van der Waals surface area contributed by atoms with Gasteiger partial charge in [0.25, 0.3) is 0 Å². The third-order valence-corrected chi connectivity index (χ3v) is 4.82. The Morgan fingerprint density at radius 3 is 2.38 bits per heavy atom. The zero-order chi connectivity index (χ0) is 16.1. The molecule has 0 spiro atoms. The van der Waals surface area contributed by atoms with E-state index in [0.29, 0.717) is 6.04 Å². The number of rotatable bonds is 6. The lowest BCUT2D eigenvalue weighted by Gasteiger charge is -2.14. The summed E-state index contributed by atoms with van der Waals surface area (Å²) in [6.45, 7) is 9.63. The Hall–Kier alpha value is -0.820. The first kappa shape index (κ1) is 19.5. The Kier molecular flexibility index (Phi) is 7.81.